The number of nitrogens with two attached hydrogens (primary N) is 1. The highest BCUT2D eigenvalue weighted by atomic mass is 16.5. The first-order chi connectivity index (χ1) is 8.44. The number of likely N-dealkylation sites (N-methyl/N-ethyl adjacent to an activating group) is 1. The Hall–Kier alpha value is -1.26. The highest BCUT2D eigenvalue weighted by Crippen LogP contribution is 2.32. The third kappa shape index (κ3) is 3.15. The molecule has 18 heavy (non-hydrogen) atoms. The van der Waals surface area contributed by atoms with Crippen LogP contribution in [0.3, 0.4) is 0 Å². The van der Waals surface area contributed by atoms with Crippen LogP contribution < -0.4 is 10.5 Å². The van der Waals surface area contributed by atoms with Crippen molar-refractivity contribution >= 4 is 0 Å². The summed E-state index contributed by atoms with van der Waals surface area (Å²) in [5.41, 5.74) is 6.53. The molecule has 1 unspecified atom stereocenters. The van der Waals surface area contributed by atoms with Gasteiger partial charge in [0.1, 0.15) is 0 Å². The van der Waals surface area contributed by atoms with Crippen LogP contribution in [0.4, 0.5) is 0 Å². The molecule has 1 rings (SSSR count). The van der Waals surface area contributed by atoms with Crippen molar-refractivity contribution in [1.29, 1.82) is 0 Å². The van der Waals surface area contributed by atoms with E-state index in [1.54, 1.807) is 6.07 Å². The minimum atomic E-state index is -0.178. The van der Waals surface area contributed by atoms with Crippen LogP contribution in [-0.4, -0.2) is 42.8 Å². The van der Waals surface area contributed by atoms with Gasteiger partial charge in [-0.15, -0.1) is 0 Å². The maximum atomic E-state index is 10.2. The average Bonchev–Trinajstić information content (AvgIpc) is 2.34. The Morgan fingerprint density at radius 1 is 1.39 bits per heavy atom. The van der Waals surface area contributed by atoms with Crippen LogP contribution in [0.15, 0.2) is 18.2 Å². The highest BCUT2D eigenvalue weighted by molar-refractivity contribution is 5.46. The molecule has 0 heterocycles. The molecular weight excluding hydrogens is 228 g/mol. The smallest absolute Gasteiger partial charge is 0.161 e. The van der Waals surface area contributed by atoms with Crippen LogP contribution in [0.5, 0.6) is 11.5 Å². The van der Waals surface area contributed by atoms with Gasteiger partial charge in [0, 0.05) is 12.1 Å². The first-order valence-electron chi connectivity index (χ1n) is 6.25. The van der Waals surface area contributed by atoms with E-state index in [9.17, 15) is 5.11 Å². The molecule has 0 aliphatic carbocycles. The monoisotopic (exact) mass is 252 g/mol. The molecule has 0 saturated carbocycles. The molecule has 3 N–H and O–H groups in total. The van der Waals surface area contributed by atoms with Crippen molar-refractivity contribution in [3.8, 4) is 11.5 Å². The predicted octanol–water partition coefficient (Wildman–Crippen LogP) is 1.61. The molecule has 102 valence electrons. The van der Waals surface area contributed by atoms with Crippen molar-refractivity contribution in [1.82, 2.24) is 4.90 Å². The number of para-hydroxylation sites is 1. The Balaban J connectivity index is 3.00. The molecular formula is C14H24N2O2. The lowest BCUT2D eigenvalue weighted by molar-refractivity contribution is 0.179. The van der Waals surface area contributed by atoms with E-state index in [1.807, 2.05) is 33.2 Å². The summed E-state index contributed by atoms with van der Waals surface area (Å²) >= 11 is 0. The topological polar surface area (TPSA) is 58.7 Å². The normalized spacial score (nSPS) is 14.6. The second-order valence-electron chi connectivity index (χ2n) is 4.97. The van der Waals surface area contributed by atoms with Gasteiger partial charge < -0.3 is 20.5 Å². The Kier molecular flexibility index (Phi) is 4.99. The van der Waals surface area contributed by atoms with E-state index in [0.717, 1.165) is 5.56 Å². The summed E-state index contributed by atoms with van der Waals surface area (Å²) in [6, 6.07) is 5.58. The number of rotatable bonds is 6. The van der Waals surface area contributed by atoms with Crippen LogP contribution in [0.2, 0.25) is 0 Å². The molecule has 4 nitrogen and oxygen atoms in total. The van der Waals surface area contributed by atoms with Crippen molar-refractivity contribution in [2.45, 2.75) is 25.8 Å². The molecule has 0 aliphatic rings. The first kappa shape index (κ1) is 14.8. The van der Waals surface area contributed by atoms with Gasteiger partial charge in [0.15, 0.2) is 11.5 Å². The largest absolute Gasteiger partial charge is 0.504 e. The maximum absolute atomic E-state index is 10.2. The van der Waals surface area contributed by atoms with Gasteiger partial charge in [-0.25, -0.2) is 0 Å². The molecule has 0 fully saturated rings. The van der Waals surface area contributed by atoms with Gasteiger partial charge in [-0.05, 0) is 46.0 Å². The molecule has 1 atom stereocenters. The molecule has 1 aromatic rings. The minimum absolute atomic E-state index is 0.178. The SMILES string of the molecule is CCOc1cccc(CC(C)(CN)N(C)C)c1O. The summed E-state index contributed by atoms with van der Waals surface area (Å²) in [5, 5.41) is 10.2. The number of benzene rings is 1. The van der Waals surface area contributed by atoms with Crippen LogP contribution in [0.25, 0.3) is 0 Å². The van der Waals surface area contributed by atoms with Crippen molar-refractivity contribution < 1.29 is 9.84 Å². The summed E-state index contributed by atoms with van der Waals surface area (Å²) in [6.07, 6.45) is 0.684. The van der Waals surface area contributed by atoms with Gasteiger partial charge >= 0.3 is 0 Å². The van der Waals surface area contributed by atoms with Crippen LogP contribution in [0.1, 0.15) is 19.4 Å². The van der Waals surface area contributed by atoms with E-state index in [1.165, 1.54) is 0 Å². The number of hydrogen-bond donors (Lipinski definition) is 2. The fraction of sp³-hybridized carbons (Fsp3) is 0.571. The predicted molar refractivity (Wildman–Crippen MR) is 74.1 cm³/mol. The van der Waals surface area contributed by atoms with E-state index in [-0.39, 0.29) is 11.3 Å². The van der Waals surface area contributed by atoms with E-state index in [4.69, 9.17) is 10.5 Å². The number of aromatic hydroxyl groups is 1. The van der Waals surface area contributed by atoms with Gasteiger partial charge in [-0.2, -0.15) is 0 Å². The van der Waals surface area contributed by atoms with Gasteiger partial charge in [-0.3, -0.25) is 0 Å². The third-order valence-electron chi connectivity index (χ3n) is 3.47. The van der Waals surface area contributed by atoms with E-state index in [0.29, 0.717) is 25.3 Å². The fourth-order valence-corrected chi connectivity index (χ4v) is 1.81. The zero-order valence-corrected chi connectivity index (χ0v) is 11.7. The van der Waals surface area contributed by atoms with Gasteiger partial charge in [-0.1, -0.05) is 12.1 Å². The fourth-order valence-electron chi connectivity index (χ4n) is 1.81. The van der Waals surface area contributed by atoms with Crippen molar-refractivity contribution in [3.63, 3.8) is 0 Å². The molecule has 4 heteroatoms. The van der Waals surface area contributed by atoms with E-state index in [2.05, 4.69) is 11.8 Å². The summed E-state index contributed by atoms with van der Waals surface area (Å²) < 4.78 is 5.39. The van der Waals surface area contributed by atoms with Gasteiger partial charge in [0.2, 0.25) is 0 Å². The molecule has 1 aromatic carbocycles. The Bertz CT molecular complexity index is 393. The molecule has 0 saturated heterocycles. The van der Waals surface area contributed by atoms with Crippen molar-refractivity contribution in [3.05, 3.63) is 23.8 Å². The average molecular weight is 252 g/mol. The molecule has 0 radical (unpaired) electrons. The highest BCUT2D eigenvalue weighted by Gasteiger charge is 2.27. The zero-order chi connectivity index (χ0) is 13.8. The number of phenolic OH excluding ortho intramolecular Hbond substituents is 1. The Labute approximate surface area is 109 Å². The van der Waals surface area contributed by atoms with Crippen LogP contribution in [0, 0.1) is 0 Å². The second kappa shape index (κ2) is 6.07. The number of phenols is 1. The number of nitrogens with zero attached hydrogens (tertiary/aromatic N) is 1. The minimum Gasteiger partial charge on any atom is -0.504 e. The quantitative estimate of drug-likeness (QED) is 0.807. The third-order valence-corrected chi connectivity index (χ3v) is 3.47. The van der Waals surface area contributed by atoms with E-state index >= 15 is 0 Å². The Morgan fingerprint density at radius 2 is 2.06 bits per heavy atom. The second-order valence-corrected chi connectivity index (χ2v) is 4.97. The Morgan fingerprint density at radius 3 is 2.56 bits per heavy atom. The van der Waals surface area contributed by atoms with Crippen molar-refractivity contribution in [2.24, 2.45) is 5.73 Å². The molecule has 0 aliphatic heterocycles. The first-order valence-corrected chi connectivity index (χ1v) is 6.25. The summed E-state index contributed by atoms with van der Waals surface area (Å²) in [5.74, 6) is 0.758. The van der Waals surface area contributed by atoms with Crippen LogP contribution >= 0.6 is 0 Å². The van der Waals surface area contributed by atoms with E-state index < -0.39 is 0 Å². The lowest BCUT2D eigenvalue weighted by Crippen LogP contribution is -2.49. The van der Waals surface area contributed by atoms with Gasteiger partial charge in [0.05, 0.1) is 6.61 Å². The zero-order valence-electron chi connectivity index (χ0n) is 11.7. The van der Waals surface area contributed by atoms with Crippen molar-refractivity contribution in [2.75, 3.05) is 27.2 Å². The molecule has 0 spiro atoms. The lowest BCUT2D eigenvalue weighted by atomic mass is 9.91. The standard InChI is InChI=1S/C14H24N2O2/c1-5-18-12-8-6-7-11(13(12)17)9-14(2,10-15)16(3)4/h6-8,17H,5,9-10,15H2,1-4H3. The lowest BCUT2D eigenvalue weighted by Gasteiger charge is -2.35. The summed E-state index contributed by atoms with van der Waals surface area (Å²) in [7, 11) is 3.99. The molecule has 0 aromatic heterocycles. The number of ether oxygens (including phenoxy) is 1. The summed E-state index contributed by atoms with van der Waals surface area (Å²) in [4.78, 5) is 2.08. The molecule has 0 bridgehead atoms. The number of hydrogen-bond acceptors (Lipinski definition) is 4. The van der Waals surface area contributed by atoms with Gasteiger partial charge in [0.25, 0.3) is 0 Å². The summed E-state index contributed by atoms with van der Waals surface area (Å²) in [6.45, 7) is 5.05. The molecule has 0 amide bonds. The maximum Gasteiger partial charge on any atom is 0.161 e. The van der Waals surface area contributed by atoms with Crippen LogP contribution in [-0.2, 0) is 6.42 Å².